The highest BCUT2D eigenvalue weighted by Gasteiger charge is 2.52. The van der Waals surface area contributed by atoms with Gasteiger partial charge in [0, 0.05) is 7.05 Å². The molecule has 0 aliphatic carbocycles. The summed E-state index contributed by atoms with van der Waals surface area (Å²) in [6.07, 6.45) is -12.2. The van der Waals surface area contributed by atoms with E-state index in [0.717, 1.165) is 0 Å². The predicted molar refractivity (Wildman–Crippen MR) is 165 cm³/mol. The molecule has 7 rings (SSSR count). The maximum Gasteiger partial charge on any atom is 0.280 e. The third-order valence-electron chi connectivity index (χ3n) is 7.66. The second-order valence-electron chi connectivity index (χ2n) is 10.7. The highest BCUT2D eigenvalue weighted by Crippen LogP contribution is 2.53. The summed E-state index contributed by atoms with van der Waals surface area (Å²) < 4.78 is 50.6. The summed E-state index contributed by atoms with van der Waals surface area (Å²) in [6.45, 7) is -1.06. The summed E-state index contributed by atoms with van der Waals surface area (Å²) in [5.41, 5.74) is 4.44. The van der Waals surface area contributed by atoms with E-state index >= 15 is 0 Å². The van der Waals surface area contributed by atoms with Crippen molar-refractivity contribution in [3.05, 3.63) is 33.4 Å². The monoisotopic (exact) mass is 708 g/mol. The Morgan fingerprint density at radius 1 is 0.936 bits per heavy atom. The van der Waals surface area contributed by atoms with Gasteiger partial charge in [-0.15, -0.1) is 0 Å². The van der Waals surface area contributed by atoms with Gasteiger partial charge in [-0.25, -0.2) is 9.97 Å². The smallest absolute Gasteiger partial charge is 0.280 e. The zero-order chi connectivity index (χ0) is 33.4. The van der Waals surface area contributed by atoms with E-state index in [1.165, 1.54) is 21.8 Å². The molecule has 3 aliphatic heterocycles. The van der Waals surface area contributed by atoms with Gasteiger partial charge >= 0.3 is 0 Å². The third-order valence-corrected chi connectivity index (χ3v) is 10.3. The second-order valence-corrected chi connectivity index (χ2v) is 15.3. The van der Waals surface area contributed by atoms with Gasteiger partial charge in [0.15, 0.2) is 42.3 Å². The molecular formula is C21H24B2N10O11P2S. The minimum Gasteiger partial charge on any atom is -0.386 e. The molecule has 7 heterocycles. The van der Waals surface area contributed by atoms with Gasteiger partial charge in [-0.3, -0.25) is 33.3 Å². The van der Waals surface area contributed by atoms with Crippen LogP contribution in [-0.4, -0.2) is 121 Å². The number of aliphatic hydroxyl groups is 2. The predicted octanol–water partition coefficient (Wildman–Crippen LogP) is -2.12. The summed E-state index contributed by atoms with van der Waals surface area (Å²) >= 11 is 5.43. The van der Waals surface area contributed by atoms with Crippen LogP contribution >= 0.6 is 13.8 Å². The number of fused-ring (bicyclic) bond motifs is 4. The Hall–Kier alpha value is -3.01. The van der Waals surface area contributed by atoms with Gasteiger partial charge in [0.1, 0.15) is 43.0 Å². The van der Waals surface area contributed by atoms with Crippen LogP contribution in [-0.2, 0) is 43.9 Å². The first-order valence-corrected chi connectivity index (χ1v) is 18.0. The number of hydrogen-bond donors (Lipinski definition) is 6. The summed E-state index contributed by atoms with van der Waals surface area (Å²) in [7, 11) is 9.24. The largest absolute Gasteiger partial charge is 0.386 e. The lowest BCUT2D eigenvalue weighted by Crippen LogP contribution is -2.39. The molecule has 10 atom stereocenters. The highest BCUT2D eigenvalue weighted by molar-refractivity contribution is 8.21. The molecule has 47 heavy (non-hydrogen) atoms. The van der Waals surface area contributed by atoms with Crippen LogP contribution in [0.5, 0.6) is 0 Å². The number of H-pyrrole nitrogens is 2. The van der Waals surface area contributed by atoms with E-state index in [4.69, 9.17) is 60.2 Å². The Labute approximate surface area is 269 Å². The van der Waals surface area contributed by atoms with Crippen molar-refractivity contribution in [2.45, 2.75) is 49.1 Å². The van der Waals surface area contributed by atoms with Crippen molar-refractivity contribution < 1.29 is 42.3 Å². The molecule has 26 heteroatoms. The Balaban J connectivity index is 1.17. The van der Waals surface area contributed by atoms with Gasteiger partial charge in [0.2, 0.25) is 19.5 Å². The maximum absolute atomic E-state index is 13.4. The number of hydrogen-bond acceptors (Lipinski definition) is 18. The molecule has 246 valence electrons. The first kappa shape index (κ1) is 32.5. The highest BCUT2D eigenvalue weighted by atomic mass is 32.4. The van der Waals surface area contributed by atoms with Gasteiger partial charge in [0.25, 0.3) is 18.6 Å². The van der Waals surface area contributed by atoms with Crippen LogP contribution in [0.1, 0.15) is 12.5 Å². The van der Waals surface area contributed by atoms with E-state index in [9.17, 15) is 24.4 Å². The van der Waals surface area contributed by atoms with Crippen molar-refractivity contribution in [2.75, 3.05) is 31.3 Å². The standard InChI is InChI=1S/C21H24B2N10O11P2S/c1-25-21-29-15-9(17(37)31-21)27-5-33(15)18-10(34)12-7(42-18)3-40-46(23,47)44-13-6(2-39-45(22,38)43-12)41-19(11(13)35)32-4-26-8-14(32)28-20(24)30-16(8)36/h4-7,10-13,18-19,34-35H,2-3H2,1H3,(H3,24,28,30,36)(H2,25,29,31,37). The van der Waals surface area contributed by atoms with E-state index in [-0.39, 0.29) is 34.2 Å². The molecule has 3 saturated heterocycles. The molecule has 0 aromatic carbocycles. The Kier molecular flexibility index (Phi) is 8.20. The molecule has 3 aliphatic rings. The van der Waals surface area contributed by atoms with Gasteiger partial charge in [-0.05, 0) is 11.8 Å². The Morgan fingerprint density at radius 2 is 1.47 bits per heavy atom. The molecule has 0 bridgehead atoms. The molecule has 21 nitrogen and oxygen atoms in total. The second kappa shape index (κ2) is 11.8. The van der Waals surface area contributed by atoms with E-state index in [0.29, 0.717) is 0 Å². The third kappa shape index (κ3) is 5.86. The summed E-state index contributed by atoms with van der Waals surface area (Å²) in [6, 6.07) is 0. The summed E-state index contributed by atoms with van der Waals surface area (Å²) in [5.74, 6) is -0.0861. The normalized spacial score (nSPS) is 36.5. The number of nitrogens with one attached hydrogen (secondary N) is 3. The zero-order valence-electron chi connectivity index (χ0n) is 24.0. The fourth-order valence-electron chi connectivity index (χ4n) is 5.54. The number of rotatable bonds is 3. The average Bonchev–Trinajstić information content (AvgIpc) is 3.76. The van der Waals surface area contributed by atoms with Gasteiger partial charge < -0.3 is 48.8 Å². The number of nitrogens with zero attached hydrogens (tertiary/aromatic N) is 6. The first-order valence-electron chi connectivity index (χ1n) is 13.7. The number of nitrogens with two attached hydrogens (primary N) is 1. The first-order chi connectivity index (χ1) is 22.2. The number of anilines is 2. The molecule has 4 radical (unpaired) electrons. The number of imidazole rings is 2. The van der Waals surface area contributed by atoms with Gasteiger partial charge in [-0.1, -0.05) is 0 Å². The molecule has 10 unspecified atom stereocenters. The lowest BCUT2D eigenvalue weighted by Gasteiger charge is -2.31. The van der Waals surface area contributed by atoms with Crippen molar-refractivity contribution in [3.8, 4) is 0 Å². The fourth-order valence-corrected chi connectivity index (χ4v) is 8.05. The lowest BCUT2D eigenvalue weighted by molar-refractivity contribution is -0.0547. The van der Waals surface area contributed by atoms with E-state index in [1.54, 1.807) is 7.05 Å². The van der Waals surface area contributed by atoms with Crippen LogP contribution in [0.4, 0.5) is 11.9 Å². The maximum atomic E-state index is 13.4. The van der Waals surface area contributed by atoms with Crippen molar-refractivity contribution in [1.29, 1.82) is 0 Å². The van der Waals surface area contributed by atoms with Crippen molar-refractivity contribution in [1.82, 2.24) is 39.0 Å². The number of aliphatic hydroxyl groups excluding tert-OH is 2. The van der Waals surface area contributed by atoms with Crippen molar-refractivity contribution in [2.24, 2.45) is 0 Å². The van der Waals surface area contributed by atoms with Gasteiger partial charge in [0.05, 0.1) is 25.9 Å². The number of aromatic amines is 2. The summed E-state index contributed by atoms with van der Waals surface area (Å²) in [5, 5.41) is 25.4. The van der Waals surface area contributed by atoms with Crippen LogP contribution in [0.15, 0.2) is 22.2 Å². The molecule has 0 amide bonds. The molecule has 0 spiro atoms. The molecule has 4 aromatic rings. The molecule has 0 saturated carbocycles. The molecule has 3 fully saturated rings. The van der Waals surface area contributed by atoms with E-state index in [2.05, 4.69) is 35.2 Å². The quantitative estimate of drug-likeness (QED) is 0.0980. The number of aromatic nitrogens is 8. The van der Waals surface area contributed by atoms with Crippen LogP contribution in [0.25, 0.3) is 22.3 Å². The van der Waals surface area contributed by atoms with Crippen molar-refractivity contribution >= 4 is 75.0 Å². The Morgan fingerprint density at radius 3 is 2.06 bits per heavy atom. The van der Waals surface area contributed by atoms with E-state index in [1.807, 2.05) is 0 Å². The fraction of sp³-hybridized carbons (Fsp3) is 0.524. The van der Waals surface area contributed by atoms with Crippen LogP contribution < -0.4 is 22.2 Å². The number of ether oxygens (including phenoxy) is 2. The zero-order valence-corrected chi connectivity index (χ0v) is 26.6. The Bertz CT molecular complexity index is 2080. The van der Waals surface area contributed by atoms with Gasteiger partial charge in [-0.2, -0.15) is 9.97 Å². The average molecular weight is 708 g/mol. The molecule has 7 N–H and O–H groups in total. The number of nitrogen functional groups attached to an aromatic ring is 1. The summed E-state index contributed by atoms with van der Waals surface area (Å²) in [4.78, 5) is 46.0. The minimum absolute atomic E-state index is 0.00836. The molecular weight excluding hydrogens is 684 g/mol. The van der Waals surface area contributed by atoms with Crippen LogP contribution in [0.2, 0.25) is 0 Å². The lowest BCUT2D eigenvalue weighted by atomic mass is 10.1. The van der Waals surface area contributed by atoms with E-state index < -0.39 is 87.3 Å². The van der Waals surface area contributed by atoms with Crippen LogP contribution in [0, 0.1) is 0 Å². The van der Waals surface area contributed by atoms with Crippen LogP contribution in [0.3, 0.4) is 0 Å². The molecule has 4 aromatic heterocycles. The SMILES string of the molecule is [B]P1(=O)OCC2OC(n3cnc4c(=O)[nH]c(N)nc43)C(O)C2OP([B])(=S)OCC2OC(n3cnc4c(=O)[nH]c(NC)nc43)C(O)C2O1. The topological polar surface area (TPSA) is 278 Å². The minimum atomic E-state index is -4.51. The van der Waals surface area contributed by atoms with Crippen molar-refractivity contribution in [3.63, 3.8) is 0 Å².